The second-order valence-corrected chi connectivity index (χ2v) is 7.33. The van der Waals surface area contributed by atoms with E-state index < -0.39 is 18.9 Å². The molecule has 6 nitrogen and oxygen atoms in total. The number of hydrogen-bond acceptors (Lipinski definition) is 4. The number of aromatic amines is 1. The highest BCUT2D eigenvalue weighted by atomic mass is 19.4. The number of amides is 1. The Kier molecular flexibility index (Phi) is 6.54. The van der Waals surface area contributed by atoms with Crippen molar-refractivity contribution in [2.24, 2.45) is 0 Å². The zero-order chi connectivity index (χ0) is 21.0. The predicted octanol–water partition coefficient (Wildman–Crippen LogP) is 5.57. The minimum Gasteiger partial charge on any atom is -0.440 e. The molecule has 0 unspecified atom stereocenters. The van der Waals surface area contributed by atoms with Gasteiger partial charge in [0.2, 0.25) is 0 Å². The lowest BCUT2D eigenvalue weighted by Crippen LogP contribution is -2.26. The van der Waals surface area contributed by atoms with Crippen LogP contribution in [-0.4, -0.2) is 41.9 Å². The van der Waals surface area contributed by atoms with E-state index in [2.05, 4.69) is 15.0 Å². The molecule has 2 N–H and O–H groups in total. The molecule has 1 aromatic heterocycles. The third-order valence-corrected chi connectivity index (χ3v) is 5.32. The number of anilines is 2. The van der Waals surface area contributed by atoms with Crippen LogP contribution < -0.4 is 10.2 Å². The molecule has 1 heterocycles. The van der Waals surface area contributed by atoms with Gasteiger partial charge in [-0.05, 0) is 38.8 Å². The highest BCUT2D eigenvalue weighted by Gasteiger charge is 2.30. The summed E-state index contributed by atoms with van der Waals surface area (Å²) in [5, 5.41) is 2.46. The minimum absolute atomic E-state index is 0.390. The minimum atomic E-state index is -4.57. The van der Waals surface area contributed by atoms with Crippen molar-refractivity contribution in [1.82, 2.24) is 9.97 Å². The van der Waals surface area contributed by atoms with Gasteiger partial charge in [-0.2, -0.15) is 13.2 Å². The highest BCUT2D eigenvalue weighted by molar-refractivity contribution is 5.95. The summed E-state index contributed by atoms with van der Waals surface area (Å²) in [7, 11) is 0. The van der Waals surface area contributed by atoms with Crippen molar-refractivity contribution in [3.05, 3.63) is 18.0 Å². The smallest absolute Gasteiger partial charge is 0.422 e. The predicted molar refractivity (Wildman–Crippen MR) is 107 cm³/mol. The largest absolute Gasteiger partial charge is 0.440 e. The highest BCUT2D eigenvalue weighted by Crippen LogP contribution is 2.35. The number of ether oxygens (including phenoxy) is 1. The van der Waals surface area contributed by atoms with E-state index in [1.807, 2.05) is 24.8 Å². The Labute approximate surface area is 167 Å². The SMILES string of the molecule is CCN(CC)c1cc2nc(C3CCCCC3)[nH]c2cc1NC(=O)OCC(F)(F)F. The number of nitrogens with one attached hydrogen (secondary N) is 2. The maximum atomic E-state index is 12.3. The lowest BCUT2D eigenvalue weighted by atomic mass is 9.89. The zero-order valence-electron chi connectivity index (χ0n) is 16.7. The van der Waals surface area contributed by atoms with Crippen LogP contribution in [0.1, 0.15) is 57.7 Å². The van der Waals surface area contributed by atoms with Gasteiger partial charge in [-0.15, -0.1) is 0 Å². The maximum Gasteiger partial charge on any atom is 0.422 e. The topological polar surface area (TPSA) is 70.2 Å². The maximum absolute atomic E-state index is 12.3. The molecule has 1 aliphatic rings. The molecular weight excluding hydrogens is 385 g/mol. The van der Waals surface area contributed by atoms with Gasteiger partial charge in [0.15, 0.2) is 6.61 Å². The van der Waals surface area contributed by atoms with Crippen LogP contribution in [0.2, 0.25) is 0 Å². The molecule has 1 fully saturated rings. The zero-order valence-corrected chi connectivity index (χ0v) is 16.7. The Hall–Kier alpha value is -2.45. The van der Waals surface area contributed by atoms with Crippen molar-refractivity contribution in [2.75, 3.05) is 29.9 Å². The number of carbonyl (C=O) groups is 1. The summed E-state index contributed by atoms with van der Waals surface area (Å²) in [6.07, 6.45) is 0.101. The summed E-state index contributed by atoms with van der Waals surface area (Å²) in [6.45, 7) is 3.66. The molecule has 1 amide bonds. The monoisotopic (exact) mass is 412 g/mol. The summed E-state index contributed by atoms with van der Waals surface area (Å²) in [6, 6.07) is 3.59. The molecule has 1 aliphatic carbocycles. The second kappa shape index (κ2) is 8.92. The fraction of sp³-hybridized carbons (Fsp3) is 0.600. The molecule has 29 heavy (non-hydrogen) atoms. The van der Waals surface area contributed by atoms with Gasteiger partial charge < -0.3 is 14.6 Å². The number of aromatic nitrogens is 2. The first kappa shape index (κ1) is 21.3. The average molecular weight is 412 g/mol. The standard InChI is InChI=1S/C20H27F3N4O2/c1-3-27(4-2)17-11-15-14(24-18(25-15)13-8-6-5-7-9-13)10-16(17)26-19(28)29-12-20(21,22)23/h10-11,13H,3-9,12H2,1-2H3,(H,24,25)(H,26,28). The first-order chi connectivity index (χ1) is 13.8. The van der Waals surface area contributed by atoms with E-state index in [0.29, 0.717) is 30.4 Å². The Bertz CT molecular complexity index is 840. The van der Waals surface area contributed by atoms with E-state index >= 15 is 0 Å². The third-order valence-electron chi connectivity index (χ3n) is 5.32. The van der Waals surface area contributed by atoms with Gasteiger partial charge in [0, 0.05) is 19.0 Å². The van der Waals surface area contributed by atoms with Crippen molar-refractivity contribution in [3.8, 4) is 0 Å². The number of carbonyl (C=O) groups excluding carboxylic acids is 1. The number of alkyl halides is 3. The molecule has 1 saturated carbocycles. The summed E-state index contributed by atoms with van der Waals surface area (Å²) in [5.74, 6) is 1.32. The molecule has 9 heteroatoms. The second-order valence-electron chi connectivity index (χ2n) is 7.33. The molecule has 3 rings (SSSR count). The van der Waals surface area contributed by atoms with Gasteiger partial charge in [0.25, 0.3) is 0 Å². The lowest BCUT2D eigenvalue weighted by molar-refractivity contribution is -0.159. The van der Waals surface area contributed by atoms with Gasteiger partial charge in [0.1, 0.15) is 5.82 Å². The number of hydrogen-bond donors (Lipinski definition) is 2. The quantitative estimate of drug-likeness (QED) is 0.651. The van der Waals surface area contributed by atoms with Crippen molar-refractivity contribution >= 4 is 28.5 Å². The van der Waals surface area contributed by atoms with Gasteiger partial charge in [0.05, 0.1) is 22.4 Å². The van der Waals surface area contributed by atoms with Gasteiger partial charge in [-0.3, -0.25) is 5.32 Å². The Morgan fingerprint density at radius 3 is 2.55 bits per heavy atom. The van der Waals surface area contributed by atoms with Crippen molar-refractivity contribution < 1.29 is 22.7 Å². The fourth-order valence-electron chi connectivity index (χ4n) is 3.85. The Morgan fingerprint density at radius 2 is 1.93 bits per heavy atom. The van der Waals surface area contributed by atoms with Crippen molar-refractivity contribution in [1.29, 1.82) is 0 Å². The molecule has 0 aliphatic heterocycles. The van der Waals surface area contributed by atoms with E-state index in [0.717, 1.165) is 29.7 Å². The van der Waals surface area contributed by atoms with Crippen molar-refractivity contribution in [2.45, 2.75) is 58.0 Å². The van der Waals surface area contributed by atoms with Gasteiger partial charge >= 0.3 is 12.3 Å². The van der Waals surface area contributed by atoms with Gasteiger partial charge in [-0.1, -0.05) is 19.3 Å². The third kappa shape index (κ3) is 5.33. The molecule has 0 spiro atoms. The first-order valence-electron chi connectivity index (χ1n) is 10.1. The summed E-state index contributed by atoms with van der Waals surface area (Å²) in [4.78, 5) is 22.0. The number of fused-ring (bicyclic) bond motifs is 1. The van der Waals surface area contributed by atoms with E-state index in [-0.39, 0.29) is 0 Å². The van der Waals surface area contributed by atoms with Crippen LogP contribution in [0.5, 0.6) is 0 Å². The molecule has 0 bridgehead atoms. The number of halogens is 3. The van der Waals surface area contributed by atoms with Crippen LogP contribution in [0.15, 0.2) is 12.1 Å². The summed E-state index contributed by atoms with van der Waals surface area (Å²) >= 11 is 0. The molecule has 1 aromatic carbocycles. The molecule has 0 radical (unpaired) electrons. The molecule has 160 valence electrons. The van der Waals surface area contributed by atoms with E-state index in [1.165, 1.54) is 19.3 Å². The summed E-state index contributed by atoms with van der Waals surface area (Å²) < 4.78 is 41.3. The average Bonchev–Trinajstić information content (AvgIpc) is 3.10. The Morgan fingerprint density at radius 1 is 1.24 bits per heavy atom. The normalized spacial score (nSPS) is 15.5. The number of nitrogens with zero attached hydrogens (tertiary/aromatic N) is 2. The van der Waals surface area contributed by atoms with Crippen LogP contribution in [-0.2, 0) is 4.74 Å². The summed E-state index contributed by atoms with van der Waals surface area (Å²) in [5.41, 5.74) is 2.62. The van der Waals surface area contributed by atoms with E-state index in [1.54, 1.807) is 6.07 Å². The Balaban J connectivity index is 1.90. The number of rotatable bonds is 6. The fourth-order valence-corrected chi connectivity index (χ4v) is 3.85. The molecule has 2 aromatic rings. The number of H-pyrrole nitrogens is 1. The van der Waals surface area contributed by atoms with Crippen LogP contribution >= 0.6 is 0 Å². The molecule has 0 atom stereocenters. The van der Waals surface area contributed by atoms with E-state index in [9.17, 15) is 18.0 Å². The molecule has 0 saturated heterocycles. The van der Waals surface area contributed by atoms with Crippen LogP contribution in [0.4, 0.5) is 29.3 Å². The van der Waals surface area contributed by atoms with Gasteiger partial charge in [-0.25, -0.2) is 9.78 Å². The number of benzene rings is 1. The van der Waals surface area contributed by atoms with Crippen LogP contribution in [0, 0.1) is 0 Å². The van der Waals surface area contributed by atoms with Crippen LogP contribution in [0.25, 0.3) is 11.0 Å². The van der Waals surface area contributed by atoms with Crippen molar-refractivity contribution in [3.63, 3.8) is 0 Å². The van der Waals surface area contributed by atoms with Crippen LogP contribution in [0.3, 0.4) is 0 Å². The first-order valence-corrected chi connectivity index (χ1v) is 10.1. The van der Waals surface area contributed by atoms with E-state index in [4.69, 9.17) is 4.98 Å². The lowest BCUT2D eigenvalue weighted by Gasteiger charge is -2.24. The number of imidazole rings is 1. The molecular formula is C20H27F3N4O2.